The molecule has 1 unspecified atom stereocenters. The second-order valence-corrected chi connectivity index (χ2v) is 4.77. The van der Waals surface area contributed by atoms with Crippen LogP contribution in [0, 0.1) is 5.92 Å². The van der Waals surface area contributed by atoms with Gasteiger partial charge < -0.3 is 15.7 Å². The number of oxime groups is 1. The summed E-state index contributed by atoms with van der Waals surface area (Å²) < 4.78 is 5.70. The number of hydrogen-bond acceptors (Lipinski definition) is 3. The molecule has 1 aromatic rings. The highest BCUT2D eigenvalue weighted by atomic mass is 35.5. The van der Waals surface area contributed by atoms with Crippen molar-refractivity contribution in [1.29, 1.82) is 0 Å². The largest absolute Gasteiger partial charge is 0.492 e. The highest BCUT2D eigenvalue weighted by Gasteiger charge is 2.10. The maximum absolute atomic E-state index is 8.72. The molecule has 0 aliphatic heterocycles. The smallest absolute Gasteiger partial charge is 0.173 e. The summed E-state index contributed by atoms with van der Waals surface area (Å²) in [6.07, 6.45) is 2.21. The van der Waals surface area contributed by atoms with Crippen molar-refractivity contribution in [3.8, 4) is 5.75 Å². The first-order valence-electron chi connectivity index (χ1n) is 5.98. The molecule has 0 heterocycles. The molecular weight excluding hydrogens is 252 g/mol. The van der Waals surface area contributed by atoms with Crippen molar-refractivity contribution in [1.82, 2.24) is 0 Å². The lowest BCUT2D eigenvalue weighted by molar-refractivity contribution is 0.251. The Bertz CT molecular complexity index is 421. The molecule has 3 N–H and O–H groups in total. The molecule has 1 aromatic carbocycles. The fraction of sp³-hybridized carbons (Fsp3) is 0.462. The molecule has 100 valence electrons. The Kier molecular flexibility index (Phi) is 5.78. The van der Waals surface area contributed by atoms with Gasteiger partial charge in [0.05, 0.1) is 12.2 Å². The average Bonchev–Trinajstić information content (AvgIpc) is 2.36. The van der Waals surface area contributed by atoms with Crippen LogP contribution in [0.2, 0.25) is 5.02 Å². The van der Waals surface area contributed by atoms with Gasteiger partial charge in [-0.1, -0.05) is 37.0 Å². The van der Waals surface area contributed by atoms with Gasteiger partial charge in [0, 0.05) is 5.02 Å². The fourth-order valence-electron chi connectivity index (χ4n) is 1.69. The van der Waals surface area contributed by atoms with E-state index in [0.717, 1.165) is 12.8 Å². The molecule has 0 aliphatic carbocycles. The molecule has 18 heavy (non-hydrogen) atoms. The van der Waals surface area contributed by atoms with Gasteiger partial charge in [-0.15, -0.1) is 0 Å². The van der Waals surface area contributed by atoms with Gasteiger partial charge in [-0.25, -0.2) is 0 Å². The van der Waals surface area contributed by atoms with Gasteiger partial charge in [0.1, 0.15) is 5.75 Å². The number of amidine groups is 1. The summed E-state index contributed by atoms with van der Waals surface area (Å²) in [5, 5.41) is 12.3. The lowest BCUT2D eigenvalue weighted by Gasteiger charge is -2.14. The van der Waals surface area contributed by atoms with E-state index in [1.165, 1.54) is 0 Å². The van der Waals surface area contributed by atoms with Crippen molar-refractivity contribution in [2.75, 3.05) is 6.61 Å². The Balaban J connectivity index is 2.83. The number of nitrogens with two attached hydrogens (primary N) is 1. The molecule has 0 saturated carbocycles. The van der Waals surface area contributed by atoms with Crippen LogP contribution in [0.15, 0.2) is 23.4 Å². The van der Waals surface area contributed by atoms with E-state index in [0.29, 0.717) is 28.9 Å². The normalized spacial score (nSPS) is 13.4. The maximum Gasteiger partial charge on any atom is 0.173 e. The van der Waals surface area contributed by atoms with Crippen LogP contribution < -0.4 is 10.5 Å². The molecule has 0 aliphatic rings. The quantitative estimate of drug-likeness (QED) is 0.361. The minimum atomic E-state index is 0.0183. The van der Waals surface area contributed by atoms with E-state index in [-0.39, 0.29) is 5.84 Å². The van der Waals surface area contributed by atoms with Gasteiger partial charge in [0.25, 0.3) is 0 Å². The number of hydrogen-bond donors (Lipinski definition) is 2. The van der Waals surface area contributed by atoms with Crippen LogP contribution in [0.1, 0.15) is 32.3 Å². The van der Waals surface area contributed by atoms with Gasteiger partial charge in [-0.3, -0.25) is 0 Å². The Morgan fingerprint density at radius 2 is 2.28 bits per heavy atom. The minimum absolute atomic E-state index is 0.0183. The molecule has 0 radical (unpaired) electrons. The highest BCUT2D eigenvalue weighted by Crippen LogP contribution is 2.24. The van der Waals surface area contributed by atoms with Crippen LogP contribution in [-0.4, -0.2) is 17.6 Å². The highest BCUT2D eigenvalue weighted by molar-refractivity contribution is 6.30. The summed E-state index contributed by atoms with van der Waals surface area (Å²) in [7, 11) is 0. The Morgan fingerprint density at radius 1 is 1.56 bits per heavy atom. The third-order valence-electron chi connectivity index (χ3n) is 2.63. The van der Waals surface area contributed by atoms with E-state index < -0.39 is 0 Å². The van der Waals surface area contributed by atoms with E-state index in [2.05, 4.69) is 19.0 Å². The Morgan fingerprint density at radius 3 is 2.89 bits per heavy atom. The topological polar surface area (TPSA) is 67.8 Å². The van der Waals surface area contributed by atoms with Crippen LogP contribution in [0.3, 0.4) is 0 Å². The monoisotopic (exact) mass is 270 g/mol. The first kappa shape index (κ1) is 14.6. The summed E-state index contributed by atoms with van der Waals surface area (Å²) >= 11 is 5.92. The van der Waals surface area contributed by atoms with Crippen LogP contribution in [0.5, 0.6) is 5.75 Å². The van der Waals surface area contributed by atoms with Crippen LogP contribution >= 0.6 is 11.6 Å². The second-order valence-electron chi connectivity index (χ2n) is 4.33. The molecule has 1 rings (SSSR count). The first-order chi connectivity index (χ1) is 8.58. The van der Waals surface area contributed by atoms with E-state index in [1.54, 1.807) is 18.2 Å². The van der Waals surface area contributed by atoms with Gasteiger partial charge in [-0.05, 0) is 30.5 Å². The van der Waals surface area contributed by atoms with Gasteiger partial charge in [0.15, 0.2) is 5.84 Å². The number of nitrogens with zero attached hydrogens (tertiary/aromatic N) is 1. The average molecular weight is 271 g/mol. The molecule has 0 bridgehead atoms. The Labute approximate surface area is 112 Å². The molecule has 0 spiro atoms. The van der Waals surface area contributed by atoms with Crippen molar-refractivity contribution in [2.24, 2.45) is 16.8 Å². The summed E-state index contributed by atoms with van der Waals surface area (Å²) in [5.74, 6) is 1.01. The zero-order chi connectivity index (χ0) is 13.5. The van der Waals surface area contributed by atoms with Gasteiger partial charge >= 0.3 is 0 Å². The van der Waals surface area contributed by atoms with Crippen molar-refractivity contribution in [3.05, 3.63) is 28.8 Å². The molecule has 0 aromatic heterocycles. The predicted molar refractivity (Wildman–Crippen MR) is 73.5 cm³/mol. The number of halogens is 1. The zero-order valence-corrected chi connectivity index (χ0v) is 11.4. The minimum Gasteiger partial charge on any atom is -0.492 e. The molecular formula is C13H19ClN2O2. The van der Waals surface area contributed by atoms with E-state index >= 15 is 0 Å². The van der Waals surface area contributed by atoms with E-state index in [9.17, 15) is 0 Å². The van der Waals surface area contributed by atoms with Gasteiger partial charge in [-0.2, -0.15) is 0 Å². The fourth-order valence-corrected chi connectivity index (χ4v) is 1.85. The molecule has 0 amide bonds. The summed E-state index contributed by atoms with van der Waals surface area (Å²) in [6.45, 7) is 4.84. The first-order valence-corrected chi connectivity index (χ1v) is 6.36. The molecule has 0 fully saturated rings. The van der Waals surface area contributed by atoms with Crippen LogP contribution in [0.4, 0.5) is 0 Å². The molecule has 0 saturated heterocycles. The SMILES string of the molecule is CCCC(C)COc1cc(Cl)ccc1/C(N)=N/O. The summed E-state index contributed by atoms with van der Waals surface area (Å²) in [6, 6.07) is 5.03. The van der Waals surface area contributed by atoms with Gasteiger partial charge in [0.2, 0.25) is 0 Å². The molecule has 5 heteroatoms. The lowest BCUT2D eigenvalue weighted by atomic mass is 10.1. The van der Waals surface area contributed by atoms with Crippen molar-refractivity contribution in [2.45, 2.75) is 26.7 Å². The standard InChI is InChI=1S/C13H19ClN2O2/c1-3-4-9(2)8-18-12-7-10(14)5-6-11(12)13(15)16-17/h5-7,9,17H,3-4,8H2,1-2H3,(H2,15,16). The van der Waals surface area contributed by atoms with Crippen molar-refractivity contribution in [3.63, 3.8) is 0 Å². The molecule has 4 nitrogen and oxygen atoms in total. The van der Waals surface area contributed by atoms with Crippen molar-refractivity contribution < 1.29 is 9.94 Å². The Hall–Kier alpha value is -1.42. The van der Waals surface area contributed by atoms with Crippen molar-refractivity contribution >= 4 is 17.4 Å². The maximum atomic E-state index is 8.72. The number of rotatable bonds is 6. The zero-order valence-electron chi connectivity index (χ0n) is 10.7. The van der Waals surface area contributed by atoms with Crippen LogP contribution in [-0.2, 0) is 0 Å². The second kappa shape index (κ2) is 7.11. The van der Waals surface area contributed by atoms with Crippen LogP contribution in [0.25, 0.3) is 0 Å². The lowest BCUT2D eigenvalue weighted by Crippen LogP contribution is -2.16. The predicted octanol–water partition coefficient (Wildman–Crippen LogP) is 3.25. The summed E-state index contributed by atoms with van der Waals surface area (Å²) in [5.41, 5.74) is 6.13. The number of ether oxygens (including phenoxy) is 1. The third-order valence-corrected chi connectivity index (χ3v) is 2.87. The van der Waals surface area contributed by atoms with E-state index in [1.807, 2.05) is 0 Å². The summed E-state index contributed by atoms with van der Waals surface area (Å²) in [4.78, 5) is 0. The molecule has 1 atom stereocenters. The number of benzene rings is 1. The third kappa shape index (κ3) is 4.11. The van der Waals surface area contributed by atoms with E-state index in [4.69, 9.17) is 27.3 Å².